The number of nitrogen functional groups attached to an aromatic ring is 1. The van der Waals surface area contributed by atoms with Gasteiger partial charge in [-0.1, -0.05) is 0 Å². The zero-order valence-corrected chi connectivity index (χ0v) is 10.9. The fraction of sp³-hybridized carbons (Fsp3) is 0.545. The fourth-order valence-electron chi connectivity index (χ4n) is 1.91. The van der Waals surface area contributed by atoms with Crippen molar-refractivity contribution in [2.45, 2.75) is 24.9 Å². The van der Waals surface area contributed by atoms with Gasteiger partial charge in [0.05, 0.1) is 27.6 Å². The molecule has 1 aliphatic rings. The van der Waals surface area contributed by atoms with E-state index < -0.39 is 0 Å². The number of hydrogen-bond donors (Lipinski definition) is 2. The summed E-state index contributed by atoms with van der Waals surface area (Å²) >= 11 is 3.43. The molecule has 2 rings (SSSR count). The van der Waals surface area contributed by atoms with Gasteiger partial charge in [0.1, 0.15) is 0 Å². The quantitative estimate of drug-likeness (QED) is 0.892. The molecule has 0 radical (unpaired) electrons. The number of aromatic nitrogens is 1. The van der Waals surface area contributed by atoms with Crippen LogP contribution >= 0.6 is 15.9 Å². The van der Waals surface area contributed by atoms with Crippen LogP contribution in [0.15, 0.2) is 16.9 Å². The molecule has 1 aromatic rings. The minimum absolute atomic E-state index is 0.00481. The Morgan fingerprint density at radius 2 is 2.31 bits per heavy atom. The second-order valence-electron chi connectivity index (χ2n) is 4.18. The maximum atomic E-state index is 5.86. The molecule has 3 N–H and O–H groups in total. The Labute approximate surface area is 104 Å². The summed E-state index contributed by atoms with van der Waals surface area (Å²) < 4.78 is 6.43. The Kier molecular flexibility index (Phi) is 3.35. The Balaban J connectivity index is 2.04. The van der Waals surface area contributed by atoms with Crippen molar-refractivity contribution in [3.05, 3.63) is 16.9 Å². The predicted octanol–water partition coefficient (Wildman–Crippen LogP) is 2.41. The number of nitrogens with zero attached hydrogens (tertiary/aromatic N) is 1. The normalized spacial score (nSPS) is 17.9. The van der Waals surface area contributed by atoms with E-state index in [-0.39, 0.29) is 5.60 Å². The standard InChI is InChI=1S/C11H16BrN3O/c1-16-11(3-2-4-11)7-15-10-8(12)5-14-6-9(10)13/h5-6H,2-4,7,13H2,1H3,(H,14,15). The van der Waals surface area contributed by atoms with Crippen molar-refractivity contribution in [2.24, 2.45) is 0 Å². The summed E-state index contributed by atoms with van der Waals surface area (Å²) in [6.45, 7) is 0.788. The Morgan fingerprint density at radius 3 is 2.81 bits per heavy atom. The molecule has 16 heavy (non-hydrogen) atoms. The minimum atomic E-state index is -0.00481. The van der Waals surface area contributed by atoms with Gasteiger partial charge in [-0.15, -0.1) is 0 Å². The SMILES string of the molecule is COC1(CNc2c(N)cncc2Br)CCC1. The first-order valence-electron chi connectivity index (χ1n) is 5.35. The minimum Gasteiger partial charge on any atom is -0.396 e. The Bertz CT molecular complexity index is 354. The van der Waals surface area contributed by atoms with Gasteiger partial charge in [-0.05, 0) is 35.2 Å². The van der Waals surface area contributed by atoms with Crippen LogP contribution in [-0.4, -0.2) is 24.2 Å². The van der Waals surface area contributed by atoms with Gasteiger partial charge < -0.3 is 15.8 Å². The first-order valence-corrected chi connectivity index (χ1v) is 6.14. The van der Waals surface area contributed by atoms with Gasteiger partial charge in [0, 0.05) is 19.9 Å². The van der Waals surface area contributed by atoms with Gasteiger partial charge in [0.2, 0.25) is 0 Å². The van der Waals surface area contributed by atoms with E-state index in [0.717, 1.165) is 29.5 Å². The van der Waals surface area contributed by atoms with Crippen molar-refractivity contribution in [1.82, 2.24) is 4.98 Å². The van der Waals surface area contributed by atoms with Crippen LogP contribution in [0.5, 0.6) is 0 Å². The van der Waals surface area contributed by atoms with Crippen LogP contribution in [0.4, 0.5) is 11.4 Å². The molecule has 1 aromatic heterocycles. The first-order chi connectivity index (χ1) is 7.67. The van der Waals surface area contributed by atoms with Crippen LogP contribution in [-0.2, 0) is 4.74 Å². The monoisotopic (exact) mass is 285 g/mol. The molecule has 1 fully saturated rings. The van der Waals surface area contributed by atoms with Crippen molar-refractivity contribution in [2.75, 3.05) is 24.7 Å². The third kappa shape index (κ3) is 2.15. The highest BCUT2D eigenvalue weighted by Gasteiger charge is 2.36. The van der Waals surface area contributed by atoms with E-state index in [4.69, 9.17) is 10.5 Å². The van der Waals surface area contributed by atoms with Gasteiger partial charge in [0.15, 0.2) is 0 Å². The number of nitrogens with one attached hydrogen (secondary N) is 1. The van der Waals surface area contributed by atoms with E-state index in [2.05, 4.69) is 26.2 Å². The third-order valence-electron chi connectivity index (χ3n) is 3.21. The third-order valence-corrected chi connectivity index (χ3v) is 3.82. The lowest BCUT2D eigenvalue weighted by molar-refractivity contribution is -0.0601. The van der Waals surface area contributed by atoms with Crippen LogP contribution < -0.4 is 11.1 Å². The highest BCUT2D eigenvalue weighted by atomic mass is 79.9. The topological polar surface area (TPSA) is 60.2 Å². The molecular formula is C11H16BrN3O. The molecule has 1 heterocycles. The summed E-state index contributed by atoms with van der Waals surface area (Å²) in [5.74, 6) is 0. The maximum Gasteiger partial charge on any atom is 0.0850 e. The summed E-state index contributed by atoms with van der Waals surface area (Å²) in [4.78, 5) is 4.00. The number of pyridine rings is 1. The van der Waals surface area contributed by atoms with Gasteiger partial charge in [-0.2, -0.15) is 0 Å². The molecule has 4 nitrogen and oxygen atoms in total. The van der Waals surface area contributed by atoms with E-state index in [1.165, 1.54) is 6.42 Å². The van der Waals surface area contributed by atoms with E-state index in [1.807, 2.05) is 0 Å². The number of rotatable bonds is 4. The molecule has 0 bridgehead atoms. The second kappa shape index (κ2) is 4.59. The summed E-state index contributed by atoms with van der Waals surface area (Å²) in [6.07, 6.45) is 6.84. The zero-order chi connectivity index (χ0) is 11.6. The van der Waals surface area contributed by atoms with Gasteiger partial charge in [0.25, 0.3) is 0 Å². The van der Waals surface area contributed by atoms with E-state index in [1.54, 1.807) is 19.5 Å². The molecule has 1 aliphatic carbocycles. The average molecular weight is 286 g/mol. The Morgan fingerprint density at radius 1 is 1.56 bits per heavy atom. The Hall–Kier alpha value is -0.810. The summed E-state index contributed by atoms with van der Waals surface area (Å²) in [5.41, 5.74) is 7.40. The molecule has 0 aromatic carbocycles. The second-order valence-corrected chi connectivity index (χ2v) is 5.03. The average Bonchev–Trinajstić information content (AvgIpc) is 2.20. The van der Waals surface area contributed by atoms with Gasteiger partial charge >= 0.3 is 0 Å². The van der Waals surface area contributed by atoms with E-state index in [9.17, 15) is 0 Å². The van der Waals surface area contributed by atoms with Crippen LogP contribution in [0.1, 0.15) is 19.3 Å². The van der Waals surface area contributed by atoms with Gasteiger partial charge in [-0.3, -0.25) is 4.98 Å². The van der Waals surface area contributed by atoms with E-state index >= 15 is 0 Å². The van der Waals surface area contributed by atoms with Gasteiger partial charge in [-0.25, -0.2) is 0 Å². The number of hydrogen-bond acceptors (Lipinski definition) is 4. The highest BCUT2D eigenvalue weighted by Crippen LogP contribution is 2.36. The molecular weight excluding hydrogens is 270 g/mol. The molecule has 0 spiro atoms. The molecule has 0 amide bonds. The summed E-state index contributed by atoms with van der Waals surface area (Å²) in [7, 11) is 1.77. The van der Waals surface area contributed by atoms with Crippen molar-refractivity contribution < 1.29 is 4.74 Å². The molecule has 0 unspecified atom stereocenters. The first kappa shape index (κ1) is 11.7. The molecule has 0 aliphatic heterocycles. The number of ether oxygens (including phenoxy) is 1. The van der Waals surface area contributed by atoms with Crippen molar-refractivity contribution >= 4 is 27.3 Å². The van der Waals surface area contributed by atoms with Crippen LogP contribution in [0.3, 0.4) is 0 Å². The molecule has 0 atom stereocenters. The van der Waals surface area contributed by atoms with Crippen LogP contribution in [0.2, 0.25) is 0 Å². The lowest BCUT2D eigenvalue weighted by Gasteiger charge is -2.40. The lowest BCUT2D eigenvalue weighted by atomic mass is 9.80. The maximum absolute atomic E-state index is 5.86. The van der Waals surface area contributed by atoms with Crippen LogP contribution in [0, 0.1) is 0 Å². The van der Waals surface area contributed by atoms with Crippen molar-refractivity contribution in [3.63, 3.8) is 0 Å². The predicted molar refractivity (Wildman–Crippen MR) is 68.4 cm³/mol. The molecule has 5 heteroatoms. The number of nitrogens with two attached hydrogens (primary N) is 1. The largest absolute Gasteiger partial charge is 0.396 e. The molecule has 1 saturated carbocycles. The smallest absolute Gasteiger partial charge is 0.0850 e. The number of anilines is 2. The van der Waals surface area contributed by atoms with Crippen molar-refractivity contribution in [1.29, 1.82) is 0 Å². The lowest BCUT2D eigenvalue weighted by Crippen LogP contribution is -2.45. The molecule has 88 valence electrons. The number of methoxy groups -OCH3 is 1. The van der Waals surface area contributed by atoms with E-state index in [0.29, 0.717) is 5.69 Å². The highest BCUT2D eigenvalue weighted by molar-refractivity contribution is 9.10. The fourth-order valence-corrected chi connectivity index (χ4v) is 2.40. The molecule has 0 saturated heterocycles. The number of halogens is 1. The van der Waals surface area contributed by atoms with Crippen molar-refractivity contribution in [3.8, 4) is 0 Å². The summed E-state index contributed by atoms with van der Waals surface area (Å²) in [6, 6.07) is 0. The zero-order valence-electron chi connectivity index (χ0n) is 9.29. The van der Waals surface area contributed by atoms with Crippen LogP contribution in [0.25, 0.3) is 0 Å². The summed E-state index contributed by atoms with van der Waals surface area (Å²) in [5, 5.41) is 3.34.